The number of anilines is 1. The van der Waals surface area contributed by atoms with E-state index >= 15 is 0 Å². The smallest absolute Gasteiger partial charge is 0.121 e. The average molecular weight is 243 g/mol. The molecule has 0 fully saturated rings. The first-order valence-electron chi connectivity index (χ1n) is 5.44. The van der Waals surface area contributed by atoms with E-state index in [1.165, 1.54) is 20.7 Å². The number of thiophene rings is 1. The largest absolute Gasteiger partial charge is 0.399 e. The molecule has 0 aliphatic heterocycles. The first kappa shape index (κ1) is 10.4. The monoisotopic (exact) mass is 243 g/mol. The van der Waals surface area contributed by atoms with E-state index in [1.807, 2.05) is 36.9 Å². The van der Waals surface area contributed by atoms with Gasteiger partial charge in [-0.2, -0.15) is 5.10 Å². The van der Waals surface area contributed by atoms with Crippen molar-refractivity contribution < 1.29 is 0 Å². The van der Waals surface area contributed by atoms with Gasteiger partial charge in [-0.25, -0.2) is 0 Å². The standard InChI is InChI=1S/C13H13N3S/c1-8-11-7-12(17-13(11)16(2)15-8)9-4-3-5-10(14)6-9/h3-7H,14H2,1-2H3. The van der Waals surface area contributed by atoms with Crippen LogP contribution in [-0.2, 0) is 7.05 Å². The molecule has 4 heteroatoms. The Morgan fingerprint density at radius 3 is 2.82 bits per heavy atom. The molecule has 0 atom stereocenters. The molecule has 2 heterocycles. The third kappa shape index (κ3) is 1.61. The van der Waals surface area contributed by atoms with Crippen molar-refractivity contribution in [3.05, 3.63) is 36.0 Å². The maximum Gasteiger partial charge on any atom is 0.121 e. The molecule has 86 valence electrons. The zero-order valence-corrected chi connectivity index (χ0v) is 10.6. The third-order valence-corrected chi connectivity index (χ3v) is 4.12. The van der Waals surface area contributed by atoms with Gasteiger partial charge in [-0.05, 0) is 30.7 Å². The van der Waals surface area contributed by atoms with Crippen LogP contribution >= 0.6 is 11.3 Å². The summed E-state index contributed by atoms with van der Waals surface area (Å²) in [7, 11) is 1.98. The van der Waals surface area contributed by atoms with Gasteiger partial charge in [-0.3, -0.25) is 4.68 Å². The predicted molar refractivity (Wildman–Crippen MR) is 73.2 cm³/mol. The number of aromatic nitrogens is 2. The molecule has 3 aromatic rings. The predicted octanol–water partition coefficient (Wildman–Crippen LogP) is 3.19. The molecule has 0 saturated heterocycles. The van der Waals surface area contributed by atoms with Gasteiger partial charge in [-0.1, -0.05) is 12.1 Å². The Labute approximate surface area is 103 Å². The molecule has 17 heavy (non-hydrogen) atoms. The Morgan fingerprint density at radius 2 is 2.12 bits per heavy atom. The summed E-state index contributed by atoms with van der Waals surface area (Å²) in [6, 6.07) is 10.2. The fraction of sp³-hybridized carbons (Fsp3) is 0.154. The summed E-state index contributed by atoms with van der Waals surface area (Å²) in [4.78, 5) is 2.45. The molecule has 0 bridgehead atoms. The number of aryl methyl sites for hydroxylation is 2. The lowest BCUT2D eigenvalue weighted by Crippen LogP contribution is -1.88. The maximum atomic E-state index is 5.81. The molecule has 0 saturated carbocycles. The van der Waals surface area contributed by atoms with E-state index < -0.39 is 0 Å². The van der Waals surface area contributed by atoms with Crippen LogP contribution in [0, 0.1) is 6.92 Å². The van der Waals surface area contributed by atoms with Gasteiger partial charge in [0.15, 0.2) is 0 Å². The van der Waals surface area contributed by atoms with Gasteiger partial charge >= 0.3 is 0 Å². The second-order valence-electron chi connectivity index (χ2n) is 4.16. The van der Waals surface area contributed by atoms with Crippen molar-refractivity contribution in [3.63, 3.8) is 0 Å². The Kier molecular flexibility index (Phi) is 2.19. The number of nitrogens with zero attached hydrogens (tertiary/aromatic N) is 2. The quantitative estimate of drug-likeness (QED) is 0.667. The van der Waals surface area contributed by atoms with Gasteiger partial charge in [-0.15, -0.1) is 11.3 Å². The molecule has 0 amide bonds. The van der Waals surface area contributed by atoms with E-state index in [-0.39, 0.29) is 0 Å². The van der Waals surface area contributed by atoms with Crippen LogP contribution < -0.4 is 5.73 Å². The highest BCUT2D eigenvalue weighted by atomic mass is 32.1. The van der Waals surface area contributed by atoms with E-state index in [4.69, 9.17) is 5.73 Å². The summed E-state index contributed by atoms with van der Waals surface area (Å²) < 4.78 is 1.94. The van der Waals surface area contributed by atoms with Crippen LogP contribution in [0.2, 0.25) is 0 Å². The van der Waals surface area contributed by atoms with Crippen molar-refractivity contribution in [2.75, 3.05) is 5.73 Å². The Morgan fingerprint density at radius 1 is 1.29 bits per heavy atom. The van der Waals surface area contributed by atoms with E-state index in [1.54, 1.807) is 11.3 Å². The Hall–Kier alpha value is -1.81. The number of hydrogen-bond donors (Lipinski definition) is 1. The van der Waals surface area contributed by atoms with E-state index in [9.17, 15) is 0 Å². The molecule has 2 aromatic heterocycles. The molecular formula is C13H13N3S. The van der Waals surface area contributed by atoms with Crippen LogP contribution in [0.5, 0.6) is 0 Å². The lowest BCUT2D eigenvalue weighted by atomic mass is 10.1. The highest BCUT2D eigenvalue weighted by molar-refractivity contribution is 7.21. The fourth-order valence-electron chi connectivity index (χ4n) is 2.04. The number of benzene rings is 1. The van der Waals surface area contributed by atoms with Crippen molar-refractivity contribution in [2.24, 2.45) is 7.05 Å². The van der Waals surface area contributed by atoms with Crippen LogP contribution in [-0.4, -0.2) is 9.78 Å². The van der Waals surface area contributed by atoms with Crippen molar-refractivity contribution in [1.82, 2.24) is 9.78 Å². The van der Waals surface area contributed by atoms with Crippen LogP contribution in [0.15, 0.2) is 30.3 Å². The molecule has 3 rings (SSSR count). The van der Waals surface area contributed by atoms with Gasteiger partial charge in [0.05, 0.1) is 5.69 Å². The number of nitrogen functional groups attached to an aromatic ring is 1. The van der Waals surface area contributed by atoms with Gasteiger partial charge in [0, 0.05) is 23.0 Å². The summed E-state index contributed by atoms with van der Waals surface area (Å²) in [5.74, 6) is 0. The molecule has 0 radical (unpaired) electrons. The summed E-state index contributed by atoms with van der Waals surface area (Å²) in [6.45, 7) is 2.04. The highest BCUT2D eigenvalue weighted by Crippen LogP contribution is 2.35. The molecule has 1 aromatic carbocycles. The van der Waals surface area contributed by atoms with Crippen LogP contribution in [0.25, 0.3) is 20.7 Å². The third-order valence-electron chi connectivity index (χ3n) is 2.87. The van der Waals surface area contributed by atoms with E-state index in [0.717, 1.165) is 11.4 Å². The average Bonchev–Trinajstić information content (AvgIpc) is 2.82. The highest BCUT2D eigenvalue weighted by Gasteiger charge is 2.10. The molecule has 0 aliphatic carbocycles. The normalized spacial score (nSPS) is 11.2. The lowest BCUT2D eigenvalue weighted by molar-refractivity contribution is 0.788. The van der Waals surface area contributed by atoms with Crippen molar-refractivity contribution in [3.8, 4) is 10.4 Å². The second kappa shape index (κ2) is 3.60. The van der Waals surface area contributed by atoms with E-state index in [0.29, 0.717) is 0 Å². The first-order chi connectivity index (χ1) is 8.15. The van der Waals surface area contributed by atoms with Crippen LogP contribution in [0.4, 0.5) is 5.69 Å². The van der Waals surface area contributed by atoms with Crippen molar-refractivity contribution in [2.45, 2.75) is 6.92 Å². The summed E-state index contributed by atoms with van der Waals surface area (Å²) in [5.41, 5.74) is 8.86. The number of rotatable bonds is 1. The van der Waals surface area contributed by atoms with Gasteiger partial charge in [0.25, 0.3) is 0 Å². The van der Waals surface area contributed by atoms with Gasteiger partial charge in [0.1, 0.15) is 4.83 Å². The van der Waals surface area contributed by atoms with Crippen LogP contribution in [0.1, 0.15) is 5.69 Å². The topological polar surface area (TPSA) is 43.8 Å². The first-order valence-corrected chi connectivity index (χ1v) is 6.26. The van der Waals surface area contributed by atoms with Gasteiger partial charge in [0.2, 0.25) is 0 Å². The van der Waals surface area contributed by atoms with Crippen molar-refractivity contribution >= 4 is 27.2 Å². The number of nitrogens with two attached hydrogens (primary N) is 1. The fourth-order valence-corrected chi connectivity index (χ4v) is 3.16. The minimum atomic E-state index is 0.801. The number of fused-ring (bicyclic) bond motifs is 1. The maximum absolute atomic E-state index is 5.81. The van der Waals surface area contributed by atoms with E-state index in [2.05, 4.69) is 17.2 Å². The Balaban J connectivity index is 2.21. The Bertz CT molecular complexity index is 659. The summed E-state index contributed by atoms with van der Waals surface area (Å²) in [6.07, 6.45) is 0. The SMILES string of the molecule is Cc1nn(C)c2sc(-c3cccc(N)c3)cc12. The lowest BCUT2D eigenvalue weighted by Gasteiger charge is -1.98. The zero-order chi connectivity index (χ0) is 12.0. The molecule has 2 N–H and O–H groups in total. The molecule has 0 aliphatic rings. The van der Waals surface area contributed by atoms with Crippen LogP contribution in [0.3, 0.4) is 0 Å². The molecule has 0 spiro atoms. The molecule has 3 nitrogen and oxygen atoms in total. The minimum Gasteiger partial charge on any atom is -0.399 e. The summed E-state index contributed by atoms with van der Waals surface area (Å²) >= 11 is 1.75. The molecular weight excluding hydrogens is 230 g/mol. The van der Waals surface area contributed by atoms with Crippen molar-refractivity contribution in [1.29, 1.82) is 0 Å². The van der Waals surface area contributed by atoms with Gasteiger partial charge < -0.3 is 5.73 Å². The zero-order valence-electron chi connectivity index (χ0n) is 9.77. The molecule has 0 unspecified atom stereocenters. The minimum absolute atomic E-state index is 0.801. The second-order valence-corrected chi connectivity index (χ2v) is 5.19. The number of hydrogen-bond acceptors (Lipinski definition) is 3. The summed E-state index contributed by atoms with van der Waals surface area (Å²) in [5, 5.41) is 5.64.